The number of nitrogens with one attached hydrogen (secondary N) is 8. The number of nitrogens with zero attached hydrogens (tertiary/aromatic N) is 12. The second-order valence-corrected chi connectivity index (χ2v) is 50.0. The summed E-state index contributed by atoms with van der Waals surface area (Å²) in [6.45, 7) is 51.4. The van der Waals surface area contributed by atoms with E-state index in [9.17, 15) is 70.9 Å². The molecule has 0 spiro atoms. The van der Waals surface area contributed by atoms with Crippen LogP contribution in [0.15, 0.2) is 118 Å². The van der Waals surface area contributed by atoms with Gasteiger partial charge in [0, 0.05) is 72.4 Å². The van der Waals surface area contributed by atoms with E-state index in [0.29, 0.717) is 55.9 Å². The molecule has 0 amide bonds. The van der Waals surface area contributed by atoms with Crippen LogP contribution in [0.1, 0.15) is 247 Å². The molecule has 0 bridgehead atoms. The Morgan fingerprint density at radius 3 is 1.05 bits per heavy atom. The molecule has 40 nitrogen and oxygen atoms in total. The molecule has 0 fully saturated rings. The summed E-state index contributed by atoms with van der Waals surface area (Å²) in [5.41, 5.74) is 3.57. The van der Waals surface area contributed by atoms with E-state index in [0.717, 1.165) is 73.6 Å². The Bertz CT molecular complexity index is 6460. The number of rotatable bonds is 33. The quantitative estimate of drug-likeness (QED) is 0.0182. The number of hydrogen-bond donors (Lipinski definition) is 12. The number of sulfonamides is 4. The first-order valence-corrected chi connectivity index (χ1v) is 57.2. The monoisotopic (exact) mass is 2120 g/mol. The van der Waals surface area contributed by atoms with Crippen LogP contribution < -0.4 is 42.5 Å². The molecule has 4 aliphatic heterocycles. The number of aromatic hydroxyl groups is 4. The lowest BCUT2D eigenvalue weighted by Crippen LogP contribution is -2.41. The molecule has 52 heteroatoms. The van der Waals surface area contributed by atoms with Gasteiger partial charge in [-0.1, -0.05) is 138 Å². The van der Waals surface area contributed by atoms with Crippen LogP contribution in [0.4, 0.5) is 22.7 Å². The predicted molar refractivity (Wildman–Crippen MR) is 545 cm³/mol. The van der Waals surface area contributed by atoms with E-state index in [1.54, 1.807) is 88.7 Å². The molecule has 0 aromatic carbocycles. The van der Waals surface area contributed by atoms with Gasteiger partial charge in [-0.15, -0.1) is 80.5 Å². The number of thiophene rings is 4. The van der Waals surface area contributed by atoms with Crippen molar-refractivity contribution in [1.29, 1.82) is 0 Å². The highest BCUT2D eigenvalue weighted by Gasteiger charge is 2.40. The molecule has 0 radical (unpaired) electrons. The summed E-state index contributed by atoms with van der Waals surface area (Å²) in [5.74, 6) is 5.13. The van der Waals surface area contributed by atoms with Crippen LogP contribution >= 0.6 is 45.3 Å². The van der Waals surface area contributed by atoms with Crippen molar-refractivity contribution in [2.75, 3.05) is 73.6 Å². The van der Waals surface area contributed by atoms with Crippen LogP contribution in [0.2, 0.25) is 0 Å². The molecule has 752 valence electrons. The molecule has 12 N–H and O–H groups in total. The van der Waals surface area contributed by atoms with Gasteiger partial charge in [0.15, 0.2) is 86.5 Å². The number of furan rings is 4. The molecule has 12 heterocycles. The van der Waals surface area contributed by atoms with E-state index in [-0.39, 0.29) is 180 Å². The van der Waals surface area contributed by atoms with Gasteiger partial charge in [-0.3, -0.25) is 0 Å². The summed E-state index contributed by atoms with van der Waals surface area (Å²) in [6, 6.07) is 8.51. The lowest BCUT2D eigenvalue weighted by atomic mass is 9.85. The summed E-state index contributed by atoms with van der Waals surface area (Å²) < 4.78 is 212. The summed E-state index contributed by atoms with van der Waals surface area (Å²) in [6.07, 6.45) is 4.11. The predicted octanol–water partition coefficient (Wildman–Crippen LogP) is 15.7. The van der Waals surface area contributed by atoms with Gasteiger partial charge < -0.3 is 80.6 Å². The molecule has 8 aromatic heterocycles. The van der Waals surface area contributed by atoms with Crippen LogP contribution in [0, 0.1) is 58.8 Å². The maximum atomic E-state index is 13.0. The summed E-state index contributed by atoms with van der Waals surface area (Å²) >= 11 is -3.65. The minimum absolute atomic E-state index is 0.0984. The molecule has 8 aromatic rings. The highest BCUT2D eigenvalue weighted by atomic mass is 32.3. The third kappa shape index (κ3) is 25.5. The minimum Gasteiger partial charge on any atom is -0.504 e. The zero-order valence-electron chi connectivity index (χ0n) is 80.7. The van der Waals surface area contributed by atoms with E-state index in [4.69, 9.17) is 17.7 Å². The lowest BCUT2D eigenvalue weighted by Gasteiger charge is -2.30. The van der Waals surface area contributed by atoms with Crippen LogP contribution in [0.25, 0.3) is 0 Å². The van der Waals surface area contributed by atoms with E-state index in [2.05, 4.69) is 105 Å². The summed E-state index contributed by atoms with van der Waals surface area (Å²) in [4.78, 5) is 1.63. The van der Waals surface area contributed by atoms with Crippen LogP contribution in [0.3, 0.4) is 0 Å². The largest absolute Gasteiger partial charge is 0.504 e. The molecule has 0 saturated heterocycles. The first-order chi connectivity index (χ1) is 63.7. The second-order valence-electron chi connectivity index (χ2n) is 33.6. The Hall–Kier alpha value is -8.88. The fourth-order valence-electron chi connectivity index (χ4n) is 13.9. The van der Waals surface area contributed by atoms with Gasteiger partial charge in [-0.05, 0) is 124 Å². The van der Waals surface area contributed by atoms with Crippen LogP contribution in [0.5, 0.6) is 23.0 Å². The SMILES string of the molecule is CCN(CC)S(=O)(=O)c1sc(C)c(NC2=NS(=O)N=C2N[C@@H](c2cc(C(C)C)co2)C(C)C)c1O.CCN(CC)S(=O)(=O)c1sc(C)c(NC2=NS(=O)N=C2N[C@@H](c2cc(C)c(C)o2)C(C)C)c1O.CCN(CC)S(=O)(=O)c1scc(NC2=NS(=O)N=C2N[C@@H](c2ccc(C)o2)C(C)(C)C)c1O.CC[C@@H](NC1=NS(=O)N=C1Nc1c(C)sc(S(=O)(=O)N(CC)CC)c1O)c1cc(C(C)C)co1. The van der Waals surface area contributed by atoms with E-state index < -0.39 is 108 Å². The van der Waals surface area contributed by atoms with Gasteiger partial charge in [0.2, 0.25) is 0 Å². The number of anilines is 4. The second kappa shape index (κ2) is 46.5. The van der Waals surface area contributed by atoms with Crippen molar-refractivity contribution in [2.45, 2.75) is 239 Å². The molecule has 0 saturated carbocycles. The Kier molecular flexibility index (Phi) is 37.8. The van der Waals surface area contributed by atoms with Gasteiger partial charge in [0.25, 0.3) is 84.8 Å². The lowest BCUT2D eigenvalue weighted by molar-refractivity contribution is 0.261. The van der Waals surface area contributed by atoms with Crippen LogP contribution in [-0.2, 0) is 84.8 Å². The van der Waals surface area contributed by atoms with E-state index in [1.165, 1.54) is 22.6 Å². The Morgan fingerprint density at radius 1 is 0.404 bits per heavy atom. The summed E-state index contributed by atoms with van der Waals surface area (Å²) in [7, 11) is -15.4. The molecule has 4 unspecified atom stereocenters. The first kappa shape index (κ1) is 111. The third-order valence-electron chi connectivity index (χ3n) is 21.8. The highest BCUT2D eigenvalue weighted by Crippen LogP contribution is 2.48. The molecule has 12 rings (SSSR count). The highest BCUT2D eigenvalue weighted by molar-refractivity contribution is 7.92. The topological polar surface area (TPSA) is 546 Å². The van der Waals surface area contributed by atoms with Gasteiger partial charge in [-0.25, -0.2) is 50.5 Å². The Labute approximate surface area is 822 Å². The van der Waals surface area contributed by atoms with Crippen molar-refractivity contribution in [3.63, 3.8) is 0 Å². The fourth-order valence-corrected chi connectivity index (χ4v) is 28.6. The van der Waals surface area contributed by atoms with E-state index >= 15 is 0 Å². The molecule has 136 heavy (non-hydrogen) atoms. The normalized spacial score (nSPS) is 17.4. The van der Waals surface area contributed by atoms with Crippen LogP contribution in [-0.4, -0.2) is 187 Å². The standard InChI is InChI=1S/C22H33N5O5S3.2C21H31N5O5S3.C20H29N5O5S3/c1-8-27(9-2)35(30,31)22-19(28)18(14(7)33-22)24-21-20(25-34(29)26-21)23-17(13(5)6)16-10-15(11-32-16)12(3)4;1-8-26(9-2)34(29,30)21-18(27)17(14(7)32-21)23-20-19(24-33(28)25-20)22-16(11(3)4)15-10-12(5)13(6)31-15;1-7-15(16-10-14(11-31-16)12(4)5)22-19-20(25-33(28)24-19)23-17-13(6)32-21(18(17)27)34(29,30)26(8-2)9-3;1-7-25(8-2)33(28,29)19-15(26)13(11-31-19)21-17-18(24-32(27)23-17)22-16(20(4,5)6)14-10-9-12(3)30-14/h10-13,17,28H,8-9H2,1-7H3,(H,23,25)(H,24,26);10-11,16,27H,8-9H2,1-7H3,(H,22,24)(H,23,25);10-12,15,27H,7-9H2,1-6H3,(H,22,24)(H,23,25);9-11,16,26H,7-8H2,1-6H3,(H,21,23)(H,22,24)/t17-,34?;16-,33?;15-,33?;16-,32?/m1110/s1. The molecular weight excluding hydrogens is 1990 g/mol. The zero-order chi connectivity index (χ0) is 101. The summed E-state index contributed by atoms with van der Waals surface area (Å²) in [5, 5.41) is 69.3. The number of hydrogen-bond acceptors (Lipinski definition) is 32. The first-order valence-electron chi connectivity index (χ1n) is 43.8. The molecule has 4 aliphatic rings. The maximum absolute atomic E-state index is 13.0. The Balaban J connectivity index is 0.000000203. The van der Waals surface area contributed by atoms with Gasteiger partial charge in [0.05, 0.1) is 59.4 Å². The minimum atomic E-state index is -3.86. The van der Waals surface area contributed by atoms with Crippen molar-refractivity contribution in [1.82, 2.24) is 38.5 Å². The van der Waals surface area contributed by atoms with Gasteiger partial charge >= 0.3 is 0 Å². The van der Waals surface area contributed by atoms with Gasteiger partial charge in [-0.2, -0.15) is 17.2 Å². The zero-order valence-corrected chi connectivity index (χ0v) is 90.5. The molecular formula is C84H124N20O20S12. The average molecular weight is 2120 g/mol. The number of aryl methyl sites for hydroxylation is 6. The van der Waals surface area contributed by atoms with Crippen molar-refractivity contribution in [3.05, 3.63) is 114 Å². The van der Waals surface area contributed by atoms with Crippen molar-refractivity contribution >= 4 is 200 Å². The van der Waals surface area contributed by atoms with Gasteiger partial charge in [0.1, 0.15) is 34.6 Å². The fraction of sp³-hybridized carbons (Fsp3) is 0.524. The van der Waals surface area contributed by atoms with Crippen molar-refractivity contribution < 1.29 is 88.6 Å². The Morgan fingerprint density at radius 2 is 0.735 bits per heavy atom. The van der Waals surface area contributed by atoms with E-state index in [1.807, 2.05) is 106 Å². The third-order valence-corrected chi connectivity index (χ3v) is 38.9. The van der Waals surface area contributed by atoms with Crippen molar-refractivity contribution in [2.24, 2.45) is 52.4 Å². The maximum Gasteiger partial charge on any atom is 0.269 e. The molecule has 0 aliphatic carbocycles. The average Bonchev–Trinajstić information content (AvgIpc) is 1.64. The number of amidine groups is 8. The molecule has 8 atom stereocenters. The van der Waals surface area contributed by atoms with Crippen molar-refractivity contribution in [3.8, 4) is 23.0 Å². The smallest absolute Gasteiger partial charge is 0.269 e.